The van der Waals surface area contributed by atoms with E-state index in [9.17, 15) is 14.4 Å². The molecule has 0 spiro atoms. The van der Waals surface area contributed by atoms with Gasteiger partial charge in [-0.1, -0.05) is 29.9 Å². The van der Waals surface area contributed by atoms with E-state index in [4.69, 9.17) is 16.3 Å². The van der Waals surface area contributed by atoms with E-state index in [2.05, 4.69) is 15.4 Å². The highest BCUT2D eigenvalue weighted by Crippen LogP contribution is 2.16. The summed E-state index contributed by atoms with van der Waals surface area (Å²) in [6, 6.07) is 14.1. The van der Waals surface area contributed by atoms with Gasteiger partial charge in [-0.3, -0.25) is 9.59 Å². The Hall–Kier alpha value is -3.56. The number of hydrogen-bond acceptors (Lipinski definition) is 7. The van der Waals surface area contributed by atoms with Crippen LogP contribution < -0.4 is 10.9 Å². The van der Waals surface area contributed by atoms with E-state index in [1.807, 2.05) is 6.92 Å². The summed E-state index contributed by atoms with van der Waals surface area (Å²) >= 11 is 7.18. The molecule has 0 bridgehead atoms. The van der Waals surface area contributed by atoms with Crippen LogP contribution in [0.3, 0.4) is 0 Å². The van der Waals surface area contributed by atoms with E-state index in [0.29, 0.717) is 32.5 Å². The van der Waals surface area contributed by atoms with Crippen molar-refractivity contribution in [2.45, 2.75) is 26.4 Å². The molecule has 0 saturated carbocycles. The van der Waals surface area contributed by atoms with E-state index < -0.39 is 5.97 Å². The summed E-state index contributed by atoms with van der Waals surface area (Å²) in [5.41, 5.74) is 1.34. The number of nitrogens with one attached hydrogen (secondary N) is 1. The minimum absolute atomic E-state index is 0.138. The summed E-state index contributed by atoms with van der Waals surface area (Å²) in [6.07, 6.45) is 1.69. The highest BCUT2D eigenvalue weighted by atomic mass is 35.5. The van der Waals surface area contributed by atoms with Crippen LogP contribution in [0.4, 0.5) is 5.69 Å². The predicted molar refractivity (Wildman–Crippen MR) is 126 cm³/mol. The zero-order valence-electron chi connectivity index (χ0n) is 17.6. The molecule has 0 aliphatic rings. The molecule has 0 aliphatic carbocycles. The molecular formula is C23H19ClN4O4S. The summed E-state index contributed by atoms with van der Waals surface area (Å²) in [4.78, 5) is 41.8. The Morgan fingerprint density at radius 2 is 1.79 bits per heavy atom. The Bertz CT molecular complexity index is 1360. The summed E-state index contributed by atoms with van der Waals surface area (Å²) in [5, 5.41) is 8.38. The molecule has 4 aromatic rings. The third kappa shape index (κ3) is 5.44. The molecule has 0 unspecified atom stereocenters. The smallest absolute Gasteiger partial charge is 0.338 e. The van der Waals surface area contributed by atoms with Crippen LogP contribution in [0, 0.1) is 0 Å². The number of rotatable bonds is 7. The Morgan fingerprint density at radius 1 is 1.09 bits per heavy atom. The Morgan fingerprint density at radius 3 is 2.48 bits per heavy atom. The van der Waals surface area contributed by atoms with E-state index >= 15 is 0 Å². The van der Waals surface area contributed by atoms with Crippen molar-refractivity contribution in [3.63, 3.8) is 0 Å². The molecule has 33 heavy (non-hydrogen) atoms. The lowest BCUT2D eigenvalue weighted by atomic mass is 10.2. The van der Waals surface area contributed by atoms with Gasteiger partial charge in [-0.25, -0.2) is 9.78 Å². The largest absolute Gasteiger partial charge is 0.456 e. The third-order valence-corrected chi connectivity index (χ3v) is 5.86. The molecular weight excluding hydrogens is 464 g/mol. The van der Waals surface area contributed by atoms with E-state index in [1.165, 1.54) is 21.9 Å². The fourth-order valence-corrected chi connectivity index (χ4v) is 4.15. The number of carbonyl (C=O) groups is 2. The second-order valence-corrected chi connectivity index (χ2v) is 8.62. The van der Waals surface area contributed by atoms with Crippen molar-refractivity contribution in [1.82, 2.24) is 14.6 Å². The van der Waals surface area contributed by atoms with Crippen molar-refractivity contribution in [3.8, 4) is 0 Å². The van der Waals surface area contributed by atoms with Crippen molar-refractivity contribution >= 4 is 45.5 Å². The van der Waals surface area contributed by atoms with Crippen LogP contribution in [0.2, 0.25) is 5.02 Å². The van der Waals surface area contributed by atoms with Crippen LogP contribution in [0.15, 0.2) is 59.4 Å². The molecule has 2 heterocycles. The number of ether oxygens (including phenoxy) is 1. The maximum atomic E-state index is 12.4. The van der Waals surface area contributed by atoms with Crippen molar-refractivity contribution in [2.24, 2.45) is 0 Å². The standard InChI is InChI=1S/C23H19ClN4O4S/c1-2-3-19-27-28-20(29)12-18(26-23(28)33-19)13-32-22(31)15-6-10-17(11-7-15)25-21(30)14-4-8-16(24)9-5-14/h4-12H,2-3,13H2,1H3,(H,25,30). The zero-order valence-corrected chi connectivity index (χ0v) is 19.2. The van der Waals surface area contributed by atoms with Crippen LogP contribution >= 0.6 is 22.9 Å². The van der Waals surface area contributed by atoms with Crippen LogP contribution in [0.5, 0.6) is 0 Å². The van der Waals surface area contributed by atoms with Crippen molar-refractivity contribution in [3.05, 3.63) is 91.8 Å². The molecule has 10 heteroatoms. The molecule has 168 valence electrons. The number of hydrogen-bond donors (Lipinski definition) is 1. The second kappa shape index (κ2) is 9.93. The summed E-state index contributed by atoms with van der Waals surface area (Å²) in [5.74, 6) is -0.858. The number of anilines is 1. The van der Waals surface area contributed by atoms with E-state index in [1.54, 1.807) is 48.5 Å². The number of fused-ring (bicyclic) bond motifs is 1. The minimum Gasteiger partial charge on any atom is -0.456 e. The van der Waals surface area contributed by atoms with Gasteiger partial charge in [0, 0.05) is 28.8 Å². The second-order valence-electron chi connectivity index (χ2n) is 7.14. The lowest BCUT2D eigenvalue weighted by Crippen LogP contribution is -2.16. The fourth-order valence-electron chi connectivity index (χ4n) is 3.00. The zero-order chi connectivity index (χ0) is 23.4. The van der Waals surface area contributed by atoms with Gasteiger partial charge in [0.05, 0.1) is 11.3 Å². The first kappa shape index (κ1) is 22.6. The maximum absolute atomic E-state index is 12.4. The lowest BCUT2D eigenvalue weighted by Gasteiger charge is -2.07. The number of aryl methyl sites for hydroxylation is 1. The van der Waals surface area contributed by atoms with Crippen LogP contribution in [0.1, 0.15) is 44.8 Å². The maximum Gasteiger partial charge on any atom is 0.338 e. The Labute approximate surface area is 197 Å². The van der Waals surface area contributed by atoms with Gasteiger partial charge in [-0.05, 0) is 55.0 Å². The number of esters is 1. The fraction of sp³-hybridized carbons (Fsp3) is 0.174. The van der Waals surface area contributed by atoms with Gasteiger partial charge in [-0.15, -0.1) is 0 Å². The Kier molecular flexibility index (Phi) is 6.81. The van der Waals surface area contributed by atoms with Gasteiger partial charge >= 0.3 is 5.97 Å². The average Bonchev–Trinajstić information content (AvgIpc) is 3.22. The van der Waals surface area contributed by atoms with Crippen LogP contribution in [0.25, 0.3) is 4.96 Å². The SMILES string of the molecule is CCCc1nn2c(=O)cc(COC(=O)c3ccc(NC(=O)c4ccc(Cl)cc4)cc3)nc2s1. The number of halogens is 1. The highest BCUT2D eigenvalue weighted by Gasteiger charge is 2.12. The number of benzene rings is 2. The summed E-state index contributed by atoms with van der Waals surface area (Å²) in [7, 11) is 0. The van der Waals surface area contributed by atoms with Crippen LogP contribution in [-0.2, 0) is 17.8 Å². The highest BCUT2D eigenvalue weighted by molar-refractivity contribution is 7.16. The first-order valence-corrected chi connectivity index (χ1v) is 11.3. The molecule has 0 fully saturated rings. The van der Waals surface area contributed by atoms with Gasteiger partial charge < -0.3 is 10.1 Å². The van der Waals surface area contributed by atoms with E-state index in [-0.39, 0.29) is 18.1 Å². The summed E-state index contributed by atoms with van der Waals surface area (Å²) in [6.45, 7) is 1.90. The van der Waals surface area contributed by atoms with Crippen molar-refractivity contribution < 1.29 is 14.3 Å². The molecule has 0 aliphatic heterocycles. The number of aromatic nitrogens is 3. The van der Waals surface area contributed by atoms with Gasteiger partial charge in [-0.2, -0.15) is 9.61 Å². The molecule has 0 saturated heterocycles. The summed E-state index contributed by atoms with van der Waals surface area (Å²) < 4.78 is 6.57. The molecule has 0 radical (unpaired) electrons. The van der Waals surface area contributed by atoms with Gasteiger partial charge in [0.15, 0.2) is 0 Å². The van der Waals surface area contributed by atoms with Gasteiger partial charge in [0.25, 0.3) is 11.5 Å². The molecule has 0 atom stereocenters. The number of amides is 1. The molecule has 1 amide bonds. The molecule has 8 nitrogen and oxygen atoms in total. The molecule has 4 rings (SSSR count). The van der Waals surface area contributed by atoms with Gasteiger partial charge in [0.1, 0.15) is 11.6 Å². The Balaban J connectivity index is 1.38. The van der Waals surface area contributed by atoms with E-state index in [0.717, 1.165) is 17.8 Å². The molecule has 2 aromatic heterocycles. The third-order valence-electron chi connectivity index (χ3n) is 4.64. The minimum atomic E-state index is -0.566. The van der Waals surface area contributed by atoms with Crippen LogP contribution in [-0.4, -0.2) is 26.5 Å². The lowest BCUT2D eigenvalue weighted by molar-refractivity contribution is 0.0467. The monoisotopic (exact) mass is 482 g/mol. The normalized spacial score (nSPS) is 10.8. The average molecular weight is 483 g/mol. The quantitative estimate of drug-likeness (QED) is 0.392. The topological polar surface area (TPSA) is 103 Å². The first-order chi connectivity index (χ1) is 15.9. The predicted octanol–water partition coefficient (Wildman–Crippen LogP) is 4.37. The van der Waals surface area contributed by atoms with Crippen molar-refractivity contribution in [1.29, 1.82) is 0 Å². The molecule has 1 N–H and O–H groups in total. The number of carbonyl (C=O) groups excluding carboxylic acids is 2. The molecule has 2 aromatic carbocycles. The number of nitrogens with zero attached hydrogens (tertiary/aromatic N) is 3. The first-order valence-electron chi connectivity index (χ1n) is 10.2. The van der Waals surface area contributed by atoms with Gasteiger partial charge in [0.2, 0.25) is 4.96 Å². The van der Waals surface area contributed by atoms with Crippen molar-refractivity contribution in [2.75, 3.05) is 5.32 Å².